The minimum atomic E-state index is 0.344. The van der Waals surface area contributed by atoms with E-state index in [0.717, 1.165) is 37.7 Å². The third kappa shape index (κ3) is 5.44. The van der Waals surface area contributed by atoms with Crippen LogP contribution in [0.2, 0.25) is 0 Å². The number of benzene rings is 2. The molecule has 0 N–H and O–H groups in total. The van der Waals surface area contributed by atoms with Crippen molar-refractivity contribution in [1.82, 2.24) is 19.7 Å². The molecule has 2 aromatic carbocycles. The van der Waals surface area contributed by atoms with Crippen LogP contribution in [0.25, 0.3) is 10.6 Å². The van der Waals surface area contributed by atoms with E-state index in [1.807, 2.05) is 47.0 Å². The van der Waals surface area contributed by atoms with Crippen LogP contribution in [0.1, 0.15) is 17.1 Å². The van der Waals surface area contributed by atoms with Gasteiger partial charge in [-0.1, -0.05) is 58.0 Å². The topological polar surface area (TPSA) is 52.8 Å². The largest absolute Gasteiger partial charge is 0.486 e. The van der Waals surface area contributed by atoms with Gasteiger partial charge in [-0.2, -0.15) is 0 Å². The second-order valence-corrected chi connectivity index (χ2v) is 9.50. The maximum Gasteiger partial charge on any atom is 0.191 e. The third-order valence-electron chi connectivity index (χ3n) is 4.56. The molecule has 0 spiro atoms. The summed E-state index contributed by atoms with van der Waals surface area (Å²) in [6.07, 6.45) is 1.84. The number of thiazole rings is 1. The minimum absolute atomic E-state index is 0.344. The number of halogens is 1. The lowest BCUT2D eigenvalue weighted by molar-refractivity contribution is 0.289. The lowest BCUT2D eigenvalue weighted by atomic mass is 10.1. The van der Waals surface area contributed by atoms with Crippen LogP contribution in [0, 0.1) is 6.92 Å². The number of rotatable bonds is 9. The van der Waals surface area contributed by atoms with E-state index in [2.05, 4.69) is 57.1 Å². The Labute approximate surface area is 198 Å². The monoisotopic (exact) mass is 512 g/mol. The van der Waals surface area contributed by atoms with Gasteiger partial charge in [0.2, 0.25) is 0 Å². The first kappa shape index (κ1) is 21.8. The van der Waals surface area contributed by atoms with Gasteiger partial charge in [0.05, 0.1) is 5.69 Å². The second kappa shape index (κ2) is 10.3. The summed E-state index contributed by atoms with van der Waals surface area (Å²) < 4.78 is 8.92. The molecule has 0 unspecified atom stereocenters. The molecule has 5 nitrogen and oxygen atoms in total. The molecule has 0 aliphatic carbocycles. The van der Waals surface area contributed by atoms with E-state index in [4.69, 9.17) is 9.72 Å². The van der Waals surface area contributed by atoms with Gasteiger partial charge in [0.15, 0.2) is 11.0 Å². The van der Waals surface area contributed by atoms with Gasteiger partial charge in [-0.15, -0.1) is 28.1 Å². The molecule has 0 aliphatic heterocycles. The van der Waals surface area contributed by atoms with Crippen LogP contribution in [-0.4, -0.2) is 19.7 Å². The van der Waals surface area contributed by atoms with Crippen LogP contribution >= 0.6 is 39.0 Å². The summed E-state index contributed by atoms with van der Waals surface area (Å²) in [5.74, 6) is 2.28. The van der Waals surface area contributed by atoms with E-state index >= 15 is 0 Å². The number of allylic oxidation sites excluding steroid dienone is 1. The molecule has 4 aromatic rings. The minimum Gasteiger partial charge on any atom is -0.486 e. The second-order valence-electron chi connectivity index (χ2n) is 6.79. The predicted molar refractivity (Wildman–Crippen MR) is 131 cm³/mol. The molecule has 4 rings (SSSR count). The number of hydrogen-bond donors (Lipinski definition) is 0. The number of aryl methyl sites for hydroxylation is 1. The molecule has 0 fully saturated rings. The molecule has 0 aliphatic rings. The molecule has 0 amide bonds. The Hall–Kier alpha value is -2.42. The molecule has 0 saturated carbocycles. The van der Waals surface area contributed by atoms with Gasteiger partial charge in [-0.05, 0) is 36.8 Å². The van der Waals surface area contributed by atoms with E-state index in [9.17, 15) is 0 Å². The lowest BCUT2D eigenvalue weighted by Gasteiger charge is -2.09. The third-order valence-corrected chi connectivity index (χ3v) is 7.02. The van der Waals surface area contributed by atoms with Gasteiger partial charge in [0, 0.05) is 27.7 Å². The molecule has 0 bridgehead atoms. The summed E-state index contributed by atoms with van der Waals surface area (Å²) in [6.45, 7) is 6.95. The van der Waals surface area contributed by atoms with Crippen molar-refractivity contribution < 1.29 is 4.74 Å². The molecular formula is C23H21BrN4OS2. The quantitative estimate of drug-likeness (QED) is 0.188. The Morgan fingerprint density at radius 1 is 1.16 bits per heavy atom. The molecule has 31 heavy (non-hydrogen) atoms. The van der Waals surface area contributed by atoms with Crippen molar-refractivity contribution in [1.29, 1.82) is 0 Å². The highest BCUT2D eigenvalue weighted by molar-refractivity contribution is 9.10. The highest BCUT2D eigenvalue weighted by atomic mass is 79.9. The number of ether oxygens (including phenoxy) is 1. The summed E-state index contributed by atoms with van der Waals surface area (Å²) in [6, 6.07) is 16.1. The van der Waals surface area contributed by atoms with Crippen LogP contribution in [-0.2, 0) is 18.9 Å². The van der Waals surface area contributed by atoms with Crippen molar-refractivity contribution in [2.24, 2.45) is 0 Å². The van der Waals surface area contributed by atoms with Crippen molar-refractivity contribution in [2.45, 2.75) is 31.0 Å². The number of aromatic nitrogens is 4. The summed E-state index contributed by atoms with van der Waals surface area (Å²) in [5.41, 5.74) is 3.46. The summed E-state index contributed by atoms with van der Waals surface area (Å²) in [7, 11) is 0. The van der Waals surface area contributed by atoms with Gasteiger partial charge in [-0.25, -0.2) is 4.98 Å². The first-order chi connectivity index (χ1) is 15.1. The normalized spacial score (nSPS) is 10.9. The van der Waals surface area contributed by atoms with Gasteiger partial charge in [0.1, 0.15) is 17.4 Å². The van der Waals surface area contributed by atoms with Crippen molar-refractivity contribution in [3.63, 3.8) is 0 Å². The lowest BCUT2D eigenvalue weighted by Crippen LogP contribution is -2.07. The van der Waals surface area contributed by atoms with Crippen LogP contribution < -0.4 is 4.74 Å². The van der Waals surface area contributed by atoms with Crippen LogP contribution in [0.3, 0.4) is 0 Å². The van der Waals surface area contributed by atoms with E-state index in [1.165, 1.54) is 11.1 Å². The van der Waals surface area contributed by atoms with Crippen molar-refractivity contribution >= 4 is 39.0 Å². The number of hydrogen-bond acceptors (Lipinski definition) is 6. The molecule has 158 valence electrons. The Morgan fingerprint density at radius 2 is 1.97 bits per heavy atom. The Morgan fingerprint density at radius 3 is 2.74 bits per heavy atom. The van der Waals surface area contributed by atoms with E-state index in [0.29, 0.717) is 13.2 Å². The Kier molecular flexibility index (Phi) is 7.21. The molecule has 0 saturated heterocycles. The summed E-state index contributed by atoms with van der Waals surface area (Å²) in [5, 5.41) is 12.7. The SMILES string of the molecule is C=CCn1c(COc2ccc(Br)cc2)nnc1SCc1csc(-c2ccccc2C)n1. The van der Waals surface area contributed by atoms with Crippen molar-refractivity contribution in [2.75, 3.05) is 0 Å². The summed E-state index contributed by atoms with van der Waals surface area (Å²) >= 11 is 6.72. The zero-order valence-electron chi connectivity index (χ0n) is 17.0. The van der Waals surface area contributed by atoms with Crippen LogP contribution in [0.4, 0.5) is 0 Å². The van der Waals surface area contributed by atoms with E-state index < -0.39 is 0 Å². The fourth-order valence-corrected chi connectivity index (χ4v) is 5.11. The fourth-order valence-electron chi connectivity index (χ4n) is 2.97. The predicted octanol–water partition coefficient (Wildman–Crippen LogP) is 6.53. The van der Waals surface area contributed by atoms with E-state index in [1.54, 1.807) is 23.1 Å². The molecule has 0 radical (unpaired) electrons. The highest BCUT2D eigenvalue weighted by Crippen LogP contribution is 2.29. The van der Waals surface area contributed by atoms with Gasteiger partial charge >= 0.3 is 0 Å². The Bertz CT molecular complexity index is 1170. The summed E-state index contributed by atoms with van der Waals surface area (Å²) in [4.78, 5) is 4.81. The average Bonchev–Trinajstić information content (AvgIpc) is 3.40. The molecule has 2 heterocycles. The smallest absolute Gasteiger partial charge is 0.191 e. The number of nitrogens with zero attached hydrogens (tertiary/aromatic N) is 4. The van der Waals surface area contributed by atoms with Crippen LogP contribution in [0.5, 0.6) is 5.75 Å². The fraction of sp³-hybridized carbons (Fsp3) is 0.174. The maximum absolute atomic E-state index is 5.88. The first-order valence-corrected chi connectivity index (χ1v) is 12.3. The standard InChI is InChI=1S/C23H21BrN4OS2/c1-3-12-28-21(13-29-19-10-8-17(24)9-11-19)26-27-23(28)31-15-18-14-30-22(25-18)20-7-5-4-6-16(20)2/h3-11,14H,1,12-13,15H2,2H3. The van der Waals surface area contributed by atoms with Crippen LogP contribution in [0.15, 0.2) is 76.2 Å². The van der Waals surface area contributed by atoms with E-state index in [-0.39, 0.29) is 0 Å². The van der Waals surface area contributed by atoms with Gasteiger partial charge in [0.25, 0.3) is 0 Å². The molecule has 0 atom stereocenters. The highest BCUT2D eigenvalue weighted by Gasteiger charge is 2.14. The van der Waals surface area contributed by atoms with Crippen molar-refractivity contribution in [3.8, 4) is 16.3 Å². The number of thioether (sulfide) groups is 1. The molecular weight excluding hydrogens is 492 g/mol. The maximum atomic E-state index is 5.88. The van der Waals surface area contributed by atoms with Crippen molar-refractivity contribution in [3.05, 3.63) is 88.1 Å². The van der Waals surface area contributed by atoms with Gasteiger partial charge < -0.3 is 4.74 Å². The first-order valence-electron chi connectivity index (χ1n) is 9.68. The molecule has 2 aromatic heterocycles. The average molecular weight is 513 g/mol. The van der Waals surface area contributed by atoms with Gasteiger partial charge in [-0.3, -0.25) is 4.57 Å². The Balaban J connectivity index is 1.43. The zero-order chi connectivity index (χ0) is 21.6. The molecule has 8 heteroatoms. The zero-order valence-corrected chi connectivity index (χ0v) is 20.2.